The minimum absolute atomic E-state index is 0.0474. The molecule has 1 rings (SSSR count). The fourth-order valence-electron chi connectivity index (χ4n) is 1.22. The molecule has 3 heteroatoms. The van der Waals surface area contributed by atoms with Crippen LogP contribution in [0.2, 0.25) is 0 Å². The molecular weight excluding hydrogens is 204 g/mol. The van der Waals surface area contributed by atoms with Crippen molar-refractivity contribution in [2.24, 2.45) is 5.73 Å². The molecule has 0 amide bonds. The van der Waals surface area contributed by atoms with Gasteiger partial charge in [-0.2, -0.15) is 5.26 Å². The van der Waals surface area contributed by atoms with Crippen LogP contribution in [0.4, 0.5) is 0 Å². The monoisotopic (exact) mass is 220 g/mol. The Morgan fingerprint density at radius 3 is 2.40 bits per heavy atom. The molecule has 2 N–H and O–H groups in total. The minimum atomic E-state index is 0.0474. The second-order valence-corrected chi connectivity index (χ2v) is 4.78. The highest BCUT2D eigenvalue weighted by Gasteiger charge is 2.06. The summed E-state index contributed by atoms with van der Waals surface area (Å²) in [6, 6.07) is 10.5. The van der Waals surface area contributed by atoms with E-state index in [-0.39, 0.29) is 11.3 Å². The van der Waals surface area contributed by atoms with E-state index in [4.69, 9.17) is 11.0 Å². The Morgan fingerprint density at radius 1 is 1.40 bits per heavy atom. The van der Waals surface area contributed by atoms with Crippen molar-refractivity contribution in [1.29, 1.82) is 5.26 Å². The van der Waals surface area contributed by atoms with Gasteiger partial charge in [0.25, 0.3) is 0 Å². The summed E-state index contributed by atoms with van der Waals surface area (Å²) >= 11 is 1.61. The van der Waals surface area contributed by atoms with Crippen molar-refractivity contribution in [3.8, 4) is 6.07 Å². The Morgan fingerprint density at radius 2 is 2.00 bits per heavy atom. The van der Waals surface area contributed by atoms with Crippen LogP contribution in [0.1, 0.15) is 31.9 Å². The van der Waals surface area contributed by atoms with Crippen molar-refractivity contribution in [1.82, 2.24) is 0 Å². The molecular formula is C12H16N2S. The molecule has 0 saturated carbocycles. The van der Waals surface area contributed by atoms with E-state index in [9.17, 15) is 0 Å². The Labute approximate surface area is 95.5 Å². The van der Waals surface area contributed by atoms with Gasteiger partial charge in [0.05, 0.1) is 11.3 Å². The van der Waals surface area contributed by atoms with Gasteiger partial charge in [-0.25, -0.2) is 0 Å². The number of hydrogen-bond acceptors (Lipinski definition) is 3. The van der Waals surface area contributed by atoms with Crippen molar-refractivity contribution < 1.29 is 0 Å². The summed E-state index contributed by atoms with van der Waals surface area (Å²) in [5.74, 6) is 0. The molecule has 0 heterocycles. The van der Waals surface area contributed by atoms with Gasteiger partial charge in [-0.15, -0.1) is 11.8 Å². The Balaban J connectivity index is 2.69. The summed E-state index contributed by atoms with van der Waals surface area (Å²) in [6.07, 6.45) is 0.871. The first-order chi connectivity index (χ1) is 7.17. The lowest BCUT2D eigenvalue weighted by atomic mass is 10.1. The van der Waals surface area contributed by atoms with Gasteiger partial charge in [0, 0.05) is 10.9 Å². The van der Waals surface area contributed by atoms with Crippen LogP contribution in [0.3, 0.4) is 0 Å². The molecule has 80 valence electrons. The average molecular weight is 220 g/mol. The SMILES string of the molecule is CCC(C#N)Sc1ccc(C(C)N)cc1. The van der Waals surface area contributed by atoms with E-state index < -0.39 is 0 Å². The van der Waals surface area contributed by atoms with E-state index in [1.807, 2.05) is 38.1 Å². The molecule has 2 unspecified atom stereocenters. The summed E-state index contributed by atoms with van der Waals surface area (Å²) in [7, 11) is 0. The van der Waals surface area contributed by atoms with Crippen molar-refractivity contribution in [2.45, 2.75) is 36.5 Å². The summed E-state index contributed by atoms with van der Waals surface area (Å²) in [4.78, 5) is 1.13. The van der Waals surface area contributed by atoms with Crippen LogP contribution in [0.5, 0.6) is 0 Å². The maximum absolute atomic E-state index is 8.84. The number of benzene rings is 1. The molecule has 15 heavy (non-hydrogen) atoms. The fourth-order valence-corrected chi connectivity index (χ4v) is 2.06. The second kappa shape index (κ2) is 5.79. The summed E-state index contributed by atoms with van der Waals surface area (Å²) in [6.45, 7) is 3.99. The van der Waals surface area contributed by atoms with Crippen LogP contribution in [0.15, 0.2) is 29.2 Å². The predicted octanol–water partition coefficient (Wildman–Crippen LogP) is 3.10. The van der Waals surface area contributed by atoms with Crippen molar-refractivity contribution in [3.63, 3.8) is 0 Å². The second-order valence-electron chi connectivity index (χ2n) is 3.50. The molecule has 2 nitrogen and oxygen atoms in total. The van der Waals surface area contributed by atoms with Gasteiger partial charge in [-0.05, 0) is 31.0 Å². The van der Waals surface area contributed by atoms with E-state index in [0.29, 0.717) is 0 Å². The van der Waals surface area contributed by atoms with Crippen molar-refractivity contribution >= 4 is 11.8 Å². The summed E-state index contributed by atoms with van der Waals surface area (Å²) in [5.41, 5.74) is 6.89. The lowest BCUT2D eigenvalue weighted by Crippen LogP contribution is -2.04. The first kappa shape index (κ1) is 12.1. The van der Waals surface area contributed by atoms with Gasteiger partial charge >= 0.3 is 0 Å². The highest BCUT2D eigenvalue weighted by atomic mass is 32.2. The molecule has 0 bridgehead atoms. The molecule has 0 aliphatic carbocycles. The quantitative estimate of drug-likeness (QED) is 0.793. The largest absolute Gasteiger partial charge is 0.324 e. The summed E-state index contributed by atoms with van der Waals surface area (Å²) in [5, 5.41) is 8.89. The molecule has 1 aromatic rings. The van der Waals surface area contributed by atoms with E-state index in [0.717, 1.165) is 16.9 Å². The zero-order chi connectivity index (χ0) is 11.3. The lowest BCUT2D eigenvalue weighted by molar-refractivity contribution is 0.817. The lowest BCUT2D eigenvalue weighted by Gasteiger charge is -2.08. The first-order valence-corrected chi connectivity index (χ1v) is 5.97. The van der Waals surface area contributed by atoms with E-state index in [2.05, 4.69) is 6.07 Å². The van der Waals surface area contributed by atoms with Crippen molar-refractivity contribution in [3.05, 3.63) is 29.8 Å². The molecule has 0 aliphatic heterocycles. The normalized spacial score (nSPS) is 14.3. The smallest absolute Gasteiger partial charge is 0.0961 e. The van der Waals surface area contributed by atoms with E-state index >= 15 is 0 Å². The number of nitriles is 1. The molecule has 0 aromatic heterocycles. The Hall–Kier alpha value is -0.980. The zero-order valence-corrected chi connectivity index (χ0v) is 9.92. The van der Waals surface area contributed by atoms with Gasteiger partial charge in [0.15, 0.2) is 0 Å². The Bertz CT molecular complexity index is 338. The Kier molecular flexibility index (Phi) is 4.67. The topological polar surface area (TPSA) is 49.8 Å². The van der Waals surface area contributed by atoms with Crippen molar-refractivity contribution in [2.75, 3.05) is 0 Å². The zero-order valence-electron chi connectivity index (χ0n) is 9.10. The molecule has 0 aliphatic rings. The number of hydrogen-bond donors (Lipinski definition) is 1. The minimum Gasteiger partial charge on any atom is -0.324 e. The maximum atomic E-state index is 8.84. The van der Waals surface area contributed by atoms with Gasteiger partial charge in [0.2, 0.25) is 0 Å². The number of thioether (sulfide) groups is 1. The van der Waals surface area contributed by atoms with Crippen LogP contribution in [-0.4, -0.2) is 5.25 Å². The highest BCUT2D eigenvalue weighted by molar-refractivity contribution is 8.00. The molecule has 0 radical (unpaired) electrons. The molecule has 0 saturated heterocycles. The third-order valence-corrected chi connectivity index (χ3v) is 3.47. The van der Waals surface area contributed by atoms with E-state index in [1.54, 1.807) is 11.8 Å². The number of nitrogens with two attached hydrogens (primary N) is 1. The van der Waals surface area contributed by atoms with Gasteiger partial charge in [0.1, 0.15) is 0 Å². The fraction of sp³-hybridized carbons (Fsp3) is 0.417. The van der Waals surface area contributed by atoms with Crippen LogP contribution >= 0.6 is 11.8 Å². The van der Waals surface area contributed by atoms with Gasteiger partial charge < -0.3 is 5.73 Å². The summed E-state index contributed by atoms with van der Waals surface area (Å²) < 4.78 is 0. The average Bonchev–Trinajstić information content (AvgIpc) is 2.26. The van der Waals surface area contributed by atoms with Crippen LogP contribution < -0.4 is 5.73 Å². The molecule has 1 aromatic carbocycles. The standard InChI is InChI=1S/C12H16N2S/c1-3-11(8-13)15-12-6-4-10(5-7-12)9(2)14/h4-7,9,11H,3,14H2,1-2H3. The molecule has 0 fully saturated rings. The highest BCUT2D eigenvalue weighted by Crippen LogP contribution is 2.25. The third-order valence-electron chi connectivity index (χ3n) is 2.20. The van der Waals surface area contributed by atoms with Gasteiger partial charge in [-0.1, -0.05) is 19.1 Å². The third kappa shape index (κ3) is 3.58. The first-order valence-electron chi connectivity index (χ1n) is 5.09. The molecule has 2 atom stereocenters. The van der Waals surface area contributed by atoms with E-state index in [1.165, 1.54) is 0 Å². The number of nitrogens with zero attached hydrogens (tertiary/aromatic N) is 1. The van der Waals surface area contributed by atoms with Gasteiger partial charge in [-0.3, -0.25) is 0 Å². The maximum Gasteiger partial charge on any atom is 0.0961 e. The number of rotatable bonds is 4. The van der Waals surface area contributed by atoms with Crippen LogP contribution in [-0.2, 0) is 0 Å². The van der Waals surface area contributed by atoms with Crippen LogP contribution in [0.25, 0.3) is 0 Å². The molecule has 0 spiro atoms. The predicted molar refractivity (Wildman–Crippen MR) is 64.6 cm³/mol. The van der Waals surface area contributed by atoms with Crippen LogP contribution in [0, 0.1) is 11.3 Å².